The van der Waals surface area contributed by atoms with Gasteiger partial charge in [-0.05, 0) is 49.9 Å². The molecule has 4 nitrogen and oxygen atoms in total. The zero-order valence-electron chi connectivity index (χ0n) is 19.7. The summed E-state index contributed by atoms with van der Waals surface area (Å²) < 4.78 is 11.3. The Morgan fingerprint density at radius 3 is 1.79 bits per heavy atom. The highest BCUT2D eigenvalue weighted by atomic mass is 16.5. The van der Waals surface area contributed by atoms with Gasteiger partial charge in [-0.15, -0.1) is 0 Å². The Bertz CT molecular complexity index is 462. The molecular formula is C25H46O4. The van der Waals surface area contributed by atoms with Crippen LogP contribution in [0.3, 0.4) is 0 Å². The van der Waals surface area contributed by atoms with Crippen LogP contribution in [-0.4, -0.2) is 25.2 Å². The zero-order chi connectivity index (χ0) is 21.6. The number of esters is 2. The molecular weight excluding hydrogens is 364 g/mol. The summed E-state index contributed by atoms with van der Waals surface area (Å²) in [4.78, 5) is 25.1. The number of hydrogen-bond acceptors (Lipinski definition) is 4. The highest BCUT2D eigenvalue weighted by molar-refractivity contribution is 5.75. The summed E-state index contributed by atoms with van der Waals surface area (Å²) >= 11 is 0. The molecule has 0 spiro atoms. The summed E-state index contributed by atoms with van der Waals surface area (Å²) in [5.41, 5.74) is 0. The number of unbranched alkanes of at least 4 members (excludes halogenated alkanes) is 2. The molecule has 0 saturated heterocycles. The van der Waals surface area contributed by atoms with Crippen LogP contribution in [0.4, 0.5) is 0 Å². The molecule has 0 bridgehead atoms. The quantitative estimate of drug-likeness (QED) is 0.304. The normalized spacial score (nSPS) is 24.0. The predicted molar refractivity (Wildman–Crippen MR) is 119 cm³/mol. The third-order valence-corrected chi connectivity index (χ3v) is 6.81. The minimum atomic E-state index is -0.0734. The summed E-state index contributed by atoms with van der Waals surface area (Å²) in [7, 11) is 0. The van der Waals surface area contributed by atoms with Gasteiger partial charge in [-0.3, -0.25) is 9.59 Å². The molecule has 0 aromatic rings. The molecule has 29 heavy (non-hydrogen) atoms. The Labute approximate surface area is 179 Å². The van der Waals surface area contributed by atoms with E-state index in [4.69, 9.17) is 9.47 Å². The fourth-order valence-corrected chi connectivity index (χ4v) is 4.38. The Morgan fingerprint density at radius 2 is 1.34 bits per heavy atom. The van der Waals surface area contributed by atoms with E-state index in [0.717, 1.165) is 44.9 Å². The fraction of sp³-hybridized carbons (Fsp3) is 0.920. The molecule has 0 heterocycles. The second-order valence-corrected chi connectivity index (χ2v) is 9.19. The highest BCUT2D eigenvalue weighted by Crippen LogP contribution is 2.35. The van der Waals surface area contributed by atoms with Gasteiger partial charge in [-0.25, -0.2) is 0 Å². The molecule has 0 radical (unpaired) electrons. The number of carbonyl (C=O) groups excluding carboxylic acids is 2. The monoisotopic (exact) mass is 410 g/mol. The van der Waals surface area contributed by atoms with E-state index in [2.05, 4.69) is 34.6 Å². The van der Waals surface area contributed by atoms with Crippen molar-refractivity contribution in [3.05, 3.63) is 0 Å². The lowest BCUT2D eigenvalue weighted by Crippen LogP contribution is -2.34. The van der Waals surface area contributed by atoms with E-state index in [0.29, 0.717) is 25.0 Å². The maximum Gasteiger partial charge on any atom is 0.309 e. The molecule has 1 aliphatic carbocycles. The molecule has 0 aromatic heterocycles. The van der Waals surface area contributed by atoms with E-state index in [1.165, 1.54) is 25.7 Å². The molecule has 170 valence electrons. The summed E-state index contributed by atoms with van der Waals surface area (Å²) in [5.74, 6) is 0.851. The Balaban J connectivity index is 2.40. The molecule has 0 aliphatic heterocycles. The predicted octanol–water partition coefficient (Wildman–Crippen LogP) is 6.56. The minimum Gasteiger partial charge on any atom is -0.465 e. The van der Waals surface area contributed by atoms with Crippen molar-refractivity contribution in [2.75, 3.05) is 13.2 Å². The van der Waals surface area contributed by atoms with Gasteiger partial charge in [0.15, 0.2) is 0 Å². The molecule has 5 unspecified atom stereocenters. The molecule has 0 amide bonds. The highest BCUT2D eigenvalue weighted by Gasteiger charge is 2.37. The van der Waals surface area contributed by atoms with E-state index >= 15 is 0 Å². The largest absolute Gasteiger partial charge is 0.465 e. The van der Waals surface area contributed by atoms with Crippen molar-refractivity contribution >= 4 is 11.9 Å². The fourth-order valence-electron chi connectivity index (χ4n) is 4.38. The second-order valence-electron chi connectivity index (χ2n) is 9.19. The molecule has 0 N–H and O–H groups in total. The smallest absolute Gasteiger partial charge is 0.309 e. The van der Waals surface area contributed by atoms with E-state index < -0.39 is 0 Å². The maximum absolute atomic E-state index is 12.6. The van der Waals surface area contributed by atoms with Crippen molar-refractivity contribution in [3.63, 3.8) is 0 Å². The van der Waals surface area contributed by atoms with Crippen molar-refractivity contribution in [1.82, 2.24) is 0 Å². The van der Waals surface area contributed by atoms with Crippen LogP contribution in [-0.2, 0) is 19.1 Å². The lowest BCUT2D eigenvalue weighted by atomic mass is 9.75. The van der Waals surface area contributed by atoms with E-state index in [1.54, 1.807) is 0 Å². The minimum absolute atomic E-state index is 0.0642. The lowest BCUT2D eigenvalue weighted by molar-refractivity contribution is -0.159. The average Bonchev–Trinajstić information content (AvgIpc) is 2.73. The SMILES string of the molecule is CCCCC(CC)COC(=O)C1CCC(C(=O)OCC(CC)CCCC)C(C)C1. The average molecular weight is 411 g/mol. The molecule has 5 atom stereocenters. The van der Waals surface area contributed by atoms with Gasteiger partial charge in [0.2, 0.25) is 0 Å². The molecule has 4 heteroatoms. The van der Waals surface area contributed by atoms with Gasteiger partial charge in [0, 0.05) is 0 Å². The van der Waals surface area contributed by atoms with Crippen LogP contribution in [0, 0.1) is 29.6 Å². The van der Waals surface area contributed by atoms with Crippen LogP contribution in [0.5, 0.6) is 0 Å². The molecule has 1 aliphatic rings. The first-order valence-electron chi connectivity index (χ1n) is 12.3. The number of ether oxygens (including phenoxy) is 2. The van der Waals surface area contributed by atoms with Crippen molar-refractivity contribution in [2.24, 2.45) is 29.6 Å². The topological polar surface area (TPSA) is 52.6 Å². The summed E-state index contributed by atoms with van der Waals surface area (Å²) in [6, 6.07) is 0. The zero-order valence-corrected chi connectivity index (χ0v) is 19.7. The van der Waals surface area contributed by atoms with Crippen molar-refractivity contribution in [2.45, 2.75) is 105 Å². The van der Waals surface area contributed by atoms with Gasteiger partial charge in [-0.1, -0.05) is 73.1 Å². The van der Waals surface area contributed by atoms with E-state index in [9.17, 15) is 9.59 Å². The standard InChI is InChI=1S/C25H46O4/c1-6-10-12-20(8-3)17-28-24(26)22-14-15-23(19(5)16-22)25(27)29-18-21(9-4)13-11-7-2/h19-23H,6-18H2,1-5H3. The Morgan fingerprint density at radius 1 is 0.828 bits per heavy atom. The van der Waals surface area contributed by atoms with Crippen LogP contribution in [0.1, 0.15) is 105 Å². The maximum atomic E-state index is 12.6. The van der Waals surface area contributed by atoms with E-state index in [-0.39, 0.29) is 29.7 Å². The number of rotatable bonds is 14. The first-order chi connectivity index (χ1) is 14.0. The lowest BCUT2D eigenvalue weighted by Gasteiger charge is -2.32. The van der Waals surface area contributed by atoms with Crippen LogP contribution in [0.2, 0.25) is 0 Å². The molecule has 0 aromatic carbocycles. The van der Waals surface area contributed by atoms with Crippen LogP contribution in [0.15, 0.2) is 0 Å². The summed E-state index contributed by atoms with van der Waals surface area (Å²) in [5, 5.41) is 0. The van der Waals surface area contributed by atoms with Crippen LogP contribution < -0.4 is 0 Å². The van der Waals surface area contributed by atoms with Gasteiger partial charge in [0.05, 0.1) is 25.0 Å². The number of hydrogen-bond donors (Lipinski definition) is 0. The molecule has 1 fully saturated rings. The van der Waals surface area contributed by atoms with Gasteiger partial charge < -0.3 is 9.47 Å². The van der Waals surface area contributed by atoms with Crippen molar-refractivity contribution < 1.29 is 19.1 Å². The molecule has 1 saturated carbocycles. The first-order valence-corrected chi connectivity index (χ1v) is 12.3. The van der Waals surface area contributed by atoms with Crippen molar-refractivity contribution in [1.29, 1.82) is 0 Å². The van der Waals surface area contributed by atoms with Gasteiger partial charge in [0.25, 0.3) is 0 Å². The van der Waals surface area contributed by atoms with E-state index in [1.807, 2.05) is 0 Å². The van der Waals surface area contributed by atoms with Crippen LogP contribution >= 0.6 is 0 Å². The third-order valence-electron chi connectivity index (χ3n) is 6.81. The van der Waals surface area contributed by atoms with Crippen molar-refractivity contribution in [3.8, 4) is 0 Å². The number of carbonyl (C=O) groups is 2. The summed E-state index contributed by atoms with van der Waals surface area (Å²) in [6.07, 6.45) is 11.3. The van der Waals surface area contributed by atoms with Gasteiger partial charge >= 0.3 is 11.9 Å². The first kappa shape index (κ1) is 26.0. The molecule has 1 rings (SSSR count). The Kier molecular flexibility index (Phi) is 13.3. The van der Waals surface area contributed by atoms with Gasteiger partial charge in [-0.2, -0.15) is 0 Å². The summed E-state index contributed by atoms with van der Waals surface area (Å²) in [6.45, 7) is 11.9. The van der Waals surface area contributed by atoms with Crippen LogP contribution in [0.25, 0.3) is 0 Å². The third kappa shape index (κ3) is 9.53. The Hall–Kier alpha value is -1.06. The van der Waals surface area contributed by atoms with Gasteiger partial charge in [0.1, 0.15) is 0 Å². The second kappa shape index (κ2) is 14.8.